The van der Waals surface area contributed by atoms with Gasteiger partial charge in [-0.2, -0.15) is 5.26 Å². The van der Waals surface area contributed by atoms with Crippen LogP contribution in [0.15, 0.2) is 47.7 Å². The number of rotatable bonds is 7. The average molecular weight is 573 g/mol. The molecule has 6 rings (SSSR count). The van der Waals surface area contributed by atoms with E-state index in [1.807, 2.05) is 57.2 Å². The zero-order valence-electron chi connectivity index (χ0n) is 25.9. The van der Waals surface area contributed by atoms with Crippen molar-refractivity contribution >= 4 is 19.1 Å². The number of nitrogens with one attached hydrogen (secondary N) is 2. The number of nitrogens with zero attached hydrogens (tertiary/aromatic N) is 2. The van der Waals surface area contributed by atoms with E-state index in [0.29, 0.717) is 31.3 Å². The van der Waals surface area contributed by atoms with Gasteiger partial charge in [-0.3, -0.25) is 4.79 Å². The highest BCUT2D eigenvalue weighted by atomic mass is 16.7. The summed E-state index contributed by atoms with van der Waals surface area (Å²) in [7, 11) is -0.552. The van der Waals surface area contributed by atoms with Gasteiger partial charge in [0.15, 0.2) is 5.57 Å². The van der Waals surface area contributed by atoms with Crippen LogP contribution in [0.25, 0.3) is 0 Å². The van der Waals surface area contributed by atoms with Crippen molar-refractivity contribution in [1.82, 2.24) is 15.5 Å². The Morgan fingerprint density at radius 2 is 1.95 bits per heavy atom. The van der Waals surface area contributed by atoms with Gasteiger partial charge in [-0.25, -0.2) is 4.79 Å². The van der Waals surface area contributed by atoms with E-state index in [2.05, 4.69) is 37.1 Å². The molecular formula is C33H45BN4O4. The van der Waals surface area contributed by atoms with Crippen molar-refractivity contribution in [3.63, 3.8) is 0 Å². The summed E-state index contributed by atoms with van der Waals surface area (Å²) >= 11 is 0. The molecular weight excluding hydrogens is 527 g/mol. The Hall–Kier alpha value is -3.05. The van der Waals surface area contributed by atoms with Crippen LogP contribution in [0.2, 0.25) is 0 Å². The van der Waals surface area contributed by atoms with Crippen LogP contribution in [0.3, 0.4) is 0 Å². The molecule has 9 heteroatoms. The normalized spacial score (nSPS) is 29.8. The Labute approximate surface area is 251 Å². The van der Waals surface area contributed by atoms with Crippen molar-refractivity contribution in [1.29, 1.82) is 5.26 Å². The number of benzene rings is 1. The second-order valence-corrected chi connectivity index (χ2v) is 14.4. The summed E-state index contributed by atoms with van der Waals surface area (Å²) in [5.41, 5.74) is 3.66. The molecule has 3 saturated carbocycles. The summed E-state index contributed by atoms with van der Waals surface area (Å²) in [5, 5.41) is 15.7. The Morgan fingerprint density at radius 3 is 2.62 bits per heavy atom. The minimum Gasteiger partial charge on any atom is -0.404 e. The van der Waals surface area contributed by atoms with Crippen molar-refractivity contribution in [2.24, 2.45) is 22.7 Å². The molecule has 0 unspecified atom stereocenters. The molecule has 2 saturated heterocycles. The third-order valence-corrected chi connectivity index (χ3v) is 10.0. The van der Waals surface area contributed by atoms with Crippen molar-refractivity contribution in [3.05, 3.63) is 53.3 Å². The lowest BCUT2D eigenvalue weighted by Gasteiger charge is -2.64. The third kappa shape index (κ3) is 6.04. The number of hydrogen-bond acceptors (Lipinski definition) is 5. The SMILES string of the molecule is CC(C)(C)C=C=C(C#N)C(=O)N1CCC[C@H]1CNC(=O)N[C@@H](Cc1ccccc1)B1O[C@@H]2C[C@@H]3C[C@@H](C3(C)C)[C@]2(C)O1. The third-order valence-electron chi connectivity index (χ3n) is 10.0. The van der Waals surface area contributed by atoms with Gasteiger partial charge in [-0.15, -0.1) is 0 Å². The van der Waals surface area contributed by atoms with E-state index in [9.17, 15) is 14.9 Å². The predicted molar refractivity (Wildman–Crippen MR) is 162 cm³/mol. The fourth-order valence-electron chi connectivity index (χ4n) is 7.47. The first-order chi connectivity index (χ1) is 19.8. The lowest BCUT2D eigenvalue weighted by molar-refractivity contribution is -0.199. The molecule has 3 aliphatic carbocycles. The molecule has 0 aromatic heterocycles. The summed E-state index contributed by atoms with van der Waals surface area (Å²) in [4.78, 5) is 28.1. The molecule has 6 atom stereocenters. The van der Waals surface area contributed by atoms with E-state index in [0.717, 1.165) is 24.8 Å². The van der Waals surface area contributed by atoms with Crippen molar-refractivity contribution < 1.29 is 18.9 Å². The number of nitriles is 1. The van der Waals surface area contributed by atoms with Crippen LogP contribution >= 0.6 is 0 Å². The maximum absolute atomic E-state index is 13.3. The Kier molecular flexibility index (Phi) is 8.37. The molecule has 5 fully saturated rings. The van der Waals surface area contributed by atoms with Gasteiger partial charge in [-0.05, 0) is 73.3 Å². The summed E-state index contributed by atoms with van der Waals surface area (Å²) in [5.74, 6) is 0.354. The number of amides is 3. The lowest BCUT2D eigenvalue weighted by atomic mass is 9.43. The van der Waals surface area contributed by atoms with Crippen LogP contribution in [-0.2, 0) is 20.5 Å². The maximum Gasteiger partial charge on any atom is 0.482 e. The van der Waals surface area contributed by atoms with Crippen LogP contribution < -0.4 is 10.6 Å². The minimum absolute atomic E-state index is 0.00391. The quantitative estimate of drug-likeness (QED) is 0.211. The first kappa shape index (κ1) is 30.4. The molecule has 2 N–H and O–H groups in total. The van der Waals surface area contributed by atoms with E-state index >= 15 is 0 Å². The molecule has 42 heavy (non-hydrogen) atoms. The van der Waals surface area contributed by atoms with E-state index in [1.165, 1.54) is 6.42 Å². The topological polar surface area (TPSA) is 104 Å². The molecule has 224 valence electrons. The van der Waals surface area contributed by atoms with E-state index in [1.54, 1.807) is 11.0 Å². The van der Waals surface area contributed by atoms with Gasteiger partial charge in [-0.1, -0.05) is 70.7 Å². The molecule has 3 amide bonds. The van der Waals surface area contributed by atoms with Gasteiger partial charge >= 0.3 is 13.1 Å². The minimum atomic E-state index is -0.552. The fraction of sp³-hybridized carbons (Fsp3) is 0.636. The summed E-state index contributed by atoms with van der Waals surface area (Å²) < 4.78 is 13.3. The highest BCUT2D eigenvalue weighted by molar-refractivity contribution is 6.48. The summed E-state index contributed by atoms with van der Waals surface area (Å²) in [6.45, 7) is 13.7. The standard InChI is InChI=1S/C33H45BN4O4/c1-31(2,3)15-14-23(20-35)29(39)38-16-10-13-25(38)21-36-30(40)37-28(17-22-11-8-7-9-12-22)34-41-27-19-24-18-26(32(24,4)5)33(27,6)42-34/h7-9,11-12,15,24-28H,10,13,16-19,21H2,1-6H3,(H2,36,37,40)/t14?,24-,25-,26-,27+,28-,33-/m0/s1. The van der Waals surface area contributed by atoms with Crippen LogP contribution in [0.5, 0.6) is 0 Å². The van der Waals surface area contributed by atoms with E-state index in [-0.39, 0.29) is 52.0 Å². The molecule has 1 aromatic rings. The molecule has 2 heterocycles. The molecule has 2 bridgehead atoms. The highest BCUT2D eigenvalue weighted by Crippen LogP contribution is 2.65. The Bertz CT molecular complexity index is 1300. The summed E-state index contributed by atoms with van der Waals surface area (Å²) in [6.07, 6.45) is 6.07. The van der Waals surface area contributed by atoms with Gasteiger partial charge in [0.25, 0.3) is 5.91 Å². The zero-order valence-corrected chi connectivity index (χ0v) is 25.9. The van der Waals surface area contributed by atoms with Crippen LogP contribution in [0.1, 0.15) is 72.8 Å². The molecule has 0 radical (unpaired) electrons. The number of carbonyl (C=O) groups excluding carboxylic acids is 2. The fourth-order valence-corrected chi connectivity index (χ4v) is 7.47. The van der Waals surface area contributed by atoms with Crippen molar-refractivity contribution in [3.8, 4) is 6.07 Å². The van der Waals surface area contributed by atoms with Gasteiger partial charge < -0.3 is 24.8 Å². The van der Waals surface area contributed by atoms with Crippen molar-refractivity contribution in [2.45, 2.75) is 97.3 Å². The summed E-state index contributed by atoms with van der Waals surface area (Å²) in [6, 6.07) is 11.6. The van der Waals surface area contributed by atoms with Crippen molar-refractivity contribution in [2.75, 3.05) is 13.1 Å². The largest absolute Gasteiger partial charge is 0.482 e. The van der Waals surface area contributed by atoms with Crippen LogP contribution in [0.4, 0.5) is 4.79 Å². The van der Waals surface area contributed by atoms with Gasteiger partial charge in [0, 0.05) is 19.1 Å². The van der Waals surface area contributed by atoms with E-state index in [4.69, 9.17) is 9.31 Å². The molecule has 8 nitrogen and oxygen atoms in total. The van der Waals surface area contributed by atoms with Gasteiger partial charge in [0.1, 0.15) is 6.07 Å². The first-order valence-electron chi connectivity index (χ1n) is 15.4. The first-order valence-corrected chi connectivity index (χ1v) is 15.4. The molecule has 0 spiro atoms. The zero-order chi connectivity index (χ0) is 30.3. The van der Waals surface area contributed by atoms with E-state index < -0.39 is 7.12 Å². The monoisotopic (exact) mass is 572 g/mol. The number of hydrogen-bond donors (Lipinski definition) is 2. The smallest absolute Gasteiger partial charge is 0.404 e. The lowest BCUT2D eigenvalue weighted by Crippen LogP contribution is -2.65. The van der Waals surface area contributed by atoms with Crippen LogP contribution in [0, 0.1) is 34.0 Å². The highest BCUT2D eigenvalue weighted by Gasteiger charge is 2.68. The molecule has 2 aliphatic heterocycles. The second-order valence-electron chi connectivity index (χ2n) is 14.4. The number of carbonyl (C=O) groups is 2. The Morgan fingerprint density at radius 1 is 1.21 bits per heavy atom. The van der Waals surface area contributed by atoms with Gasteiger partial charge in [0.2, 0.25) is 0 Å². The van der Waals surface area contributed by atoms with Gasteiger partial charge in [0.05, 0.1) is 17.6 Å². The number of likely N-dealkylation sites (tertiary alicyclic amines) is 1. The number of urea groups is 1. The predicted octanol–water partition coefficient (Wildman–Crippen LogP) is 4.81. The van der Waals surface area contributed by atoms with Crippen LogP contribution in [-0.4, -0.2) is 60.7 Å². The Balaban J connectivity index is 1.24. The average Bonchev–Trinajstić information content (AvgIpc) is 3.55. The maximum atomic E-state index is 13.3. The molecule has 5 aliphatic rings. The molecule has 1 aromatic carbocycles. The second kappa shape index (κ2) is 11.6.